The Morgan fingerprint density at radius 1 is 1.53 bits per heavy atom. The van der Waals surface area contributed by atoms with Crippen LogP contribution in [0.1, 0.15) is 40.0 Å². The first-order valence-corrected chi connectivity index (χ1v) is 7.38. The van der Waals surface area contributed by atoms with Gasteiger partial charge in [-0.2, -0.15) is 0 Å². The molecule has 1 aromatic rings. The van der Waals surface area contributed by atoms with Gasteiger partial charge >= 0.3 is 11.7 Å². The molecular weight excluding hydrogens is 266 g/mol. The van der Waals surface area contributed by atoms with Crippen molar-refractivity contribution < 1.29 is 9.90 Å². The lowest BCUT2D eigenvalue weighted by atomic mass is 9.88. The van der Waals surface area contributed by atoms with E-state index in [-0.39, 0.29) is 5.69 Å². The van der Waals surface area contributed by atoms with Gasteiger partial charge in [0.15, 0.2) is 5.16 Å². The van der Waals surface area contributed by atoms with Gasteiger partial charge in [0.05, 0.1) is 5.41 Å². The zero-order valence-corrected chi connectivity index (χ0v) is 12.4. The molecule has 0 spiro atoms. The second kappa shape index (κ2) is 6.79. The van der Waals surface area contributed by atoms with E-state index in [1.807, 2.05) is 6.92 Å². The van der Waals surface area contributed by atoms with Crippen LogP contribution in [-0.4, -0.2) is 31.6 Å². The highest BCUT2D eigenvalue weighted by molar-refractivity contribution is 7.99. The number of hydrogen-bond acceptors (Lipinski definition) is 4. The number of aromatic amines is 1. The lowest BCUT2D eigenvalue weighted by Crippen LogP contribution is -2.23. The molecule has 0 bridgehead atoms. The average Bonchev–Trinajstić information content (AvgIpc) is 2.67. The molecule has 1 aromatic heterocycles. The lowest BCUT2D eigenvalue weighted by Gasteiger charge is -2.18. The van der Waals surface area contributed by atoms with Gasteiger partial charge in [0.1, 0.15) is 0 Å². The van der Waals surface area contributed by atoms with Crippen LogP contribution in [0.2, 0.25) is 0 Å². The molecule has 1 rings (SSSR count). The number of rotatable bonds is 8. The summed E-state index contributed by atoms with van der Waals surface area (Å²) in [4.78, 5) is 22.4. The maximum Gasteiger partial charge on any atom is 0.343 e. The van der Waals surface area contributed by atoms with Gasteiger partial charge < -0.3 is 5.11 Å². The third kappa shape index (κ3) is 4.41. The summed E-state index contributed by atoms with van der Waals surface area (Å²) in [6.07, 6.45) is 2.26. The topological polar surface area (TPSA) is 88.0 Å². The summed E-state index contributed by atoms with van der Waals surface area (Å²) in [6, 6.07) is 0. The maximum atomic E-state index is 11.5. The molecule has 6 nitrogen and oxygen atoms in total. The van der Waals surface area contributed by atoms with Crippen molar-refractivity contribution in [1.29, 1.82) is 0 Å². The highest BCUT2D eigenvalue weighted by Gasteiger charge is 2.26. The van der Waals surface area contributed by atoms with Crippen LogP contribution in [-0.2, 0) is 11.3 Å². The van der Waals surface area contributed by atoms with Gasteiger partial charge in [-0.3, -0.25) is 9.36 Å². The van der Waals surface area contributed by atoms with Gasteiger partial charge in [0.25, 0.3) is 0 Å². The summed E-state index contributed by atoms with van der Waals surface area (Å²) in [5.41, 5.74) is -0.884. The minimum Gasteiger partial charge on any atom is -0.481 e. The third-order valence-electron chi connectivity index (χ3n) is 2.93. The second-order valence-electron chi connectivity index (χ2n) is 5.10. The number of nitrogens with zero attached hydrogens (tertiary/aromatic N) is 2. The van der Waals surface area contributed by atoms with Gasteiger partial charge in [-0.1, -0.05) is 18.7 Å². The summed E-state index contributed by atoms with van der Waals surface area (Å²) in [5.74, 6) is -0.0229. The fraction of sp³-hybridized carbons (Fsp3) is 0.750. The Hall–Kier alpha value is -1.24. The number of hydrogen-bond donors (Lipinski definition) is 2. The molecule has 0 unspecified atom stereocenters. The van der Waals surface area contributed by atoms with E-state index in [2.05, 4.69) is 10.2 Å². The summed E-state index contributed by atoms with van der Waals surface area (Å²) < 4.78 is 1.62. The summed E-state index contributed by atoms with van der Waals surface area (Å²) in [6.45, 7) is 6.10. The molecule has 0 radical (unpaired) electrons. The van der Waals surface area contributed by atoms with Crippen molar-refractivity contribution in [2.24, 2.45) is 5.41 Å². The summed E-state index contributed by atoms with van der Waals surface area (Å²) in [5, 5.41) is 16.1. The first-order chi connectivity index (χ1) is 8.88. The second-order valence-corrected chi connectivity index (χ2v) is 6.17. The van der Waals surface area contributed by atoms with E-state index in [1.165, 1.54) is 11.8 Å². The number of aliphatic carboxylic acids is 1. The van der Waals surface area contributed by atoms with Crippen LogP contribution in [0, 0.1) is 5.41 Å². The number of aromatic nitrogens is 3. The largest absolute Gasteiger partial charge is 0.481 e. The summed E-state index contributed by atoms with van der Waals surface area (Å²) in [7, 11) is 0. The molecular formula is C12H21N3O3S. The number of H-pyrrole nitrogens is 1. The van der Waals surface area contributed by atoms with E-state index in [9.17, 15) is 9.59 Å². The van der Waals surface area contributed by atoms with E-state index in [4.69, 9.17) is 5.11 Å². The highest BCUT2D eigenvalue weighted by Crippen LogP contribution is 2.25. The molecule has 0 amide bonds. The standard InChI is InChI=1S/C12H21N3O3S/c1-4-7-15-10(18)13-14-11(15)19-8-5-6-12(2,3)9(16)17/h4-8H2,1-3H3,(H,13,18)(H,16,17). The SMILES string of the molecule is CCCn1c(SCCCC(C)(C)C(=O)O)n[nH]c1=O. The average molecular weight is 287 g/mol. The van der Waals surface area contributed by atoms with Crippen molar-refractivity contribution >= 4 is 17.7 Å². The zero-order chi connectivity index (χ0) is 14.5. The maximum absolute atomic E-state index is 11.5. The quantitative estimate of drug-likeness (QED) is 0.563. The molecule has 0 aliphatic carbocycles. The van der Waals surface area contributed by atoms with Crippen molar-refractivity contribution in [2.75, 3.05) is 5.75 Å². The van der Waals surface area contributed by atoms with Crippen LogP contribution < -0.4 is 5.69 Å². The van der Waals surface area contributed by atoms with Gasteiger partial charge in [0.2, 0.25) is 0 Å². The number of carboxylic acid groups (broad SMARTS) is 1. The van der Waals surface area contributed by atoms with Crippen LogP contribution in [0.5, 0.6) is 0 Å². The Morgan fingerprint density at radius 2 is 2.21 bits per heavy atom. The Bertz CT molecular complexity index is 479. The van der Waals surface area contributed by atoms with Gasteiger partial charge in [-0.15, -0.1) is 5.10 Å². The van der Waals surface area contributed by atoms with Crippen LogP contribution in [0.25, 0.3) is 0 Å². The monoisotopic (exact) mass is 287 g/mol. The fourth-order valence-electron chi connectivity index (χ4n) is 1.62. The van der Waals surface area contributed by atoms with Crippen LogP contribution in [0.3, 0.4) is 0 Å². The molecule has 0 saturated heterocycles. The Morgan fingerprint density at radius 3 is 2.79 bits per heavy atom. The fourth-order valence-corrected chi connectivity index (χ4v) is 2.53. The predicted molar refractivity (Wildman–Crippen MR) is 74.5 cm³/mol. The van der Waals surface area contributed by atoms with E-state index in [0.717, 1.165) is 18.6 Å². The summed E-state index contributed by atoms with van der Waals surface area (Å²) >= 11 is 1.49. The van der Waals surface area contributed by atoms with Crippen molar-refractivity contribution in [1.82, 2.24) is 14.8 Å². The van der Waals surface area contributed by atoms with Crippen molar-refractivity contribution in [3.05, 3.63) is 10.5 Å². The zero-order valence-electron chi connectivity index (χ0n) is 11.6. The van der Waals surface area contributed by atoms with Crippen molar-refractivity contribution in [3.8, 4) is 0 Å². The molecule has 0 saturated carbocycles. The molecule has 108 valence electrons. The van der Waals surface area contributed by atoms with E-state index < -0.39 is 11.4 Å². The smallest absolute Gasteiger partial charge is 0.343 e. The molecule has 7 heteroatoms. The molecule has 0 atom stereocenters. The molecule has 19 heavy (non-hydrogen) atoms. The molecule has 2 N–H and O–H groups in total. The molecule has 0 aliphatic rings. The Labute approximate surface area is 116 Å². The highest BCUT2D eigenvalue weighted by atomic mass is 32.2. The number of carboxylic acids is 1. The Balaban J connectivity index is 2.46. The minimum absolute atomic E-state index is 0.185. The molecule has 0 aromatic carbocycles. The predicted octanol–water partition coefficient (Wildman–Crippen LogP) is 1.96. The van der Waals surface area contributed by atoms with Crippen LogP contribution in [0.15, 0.2) is 9.95 Å². The Kier molecular flexibility index (Phi) is 5.65. The van der Waals surface area contributed by atoms with Gasteiger partial charge in [-0.25, -0.2) is 9.89 Å². The van der Waals surface area contributed by atoms with E-state index in [0.29, 0.717) is 18.1 Å². The normalized spacial score (nSPS) is 11.7. The van der Waals surface area contributed by atoms with Crippen LogP contribution in [0.4, 0.5) is 0 Å². The lowest BCUT2D eigenvalue weighted by molar-refractivity contribution is -0.147. The molecule has 0 aliphatic heterocycles. The van der Waals surface area contributed by atoms with Gasteiger partial charge in [0, 0.05) is 12.3 Å². The first kappa shape index (κ1) is 15.8. The van der Waals surface area contributed by atoms with Gasteiger partial charge in [-0.05, 0) is 33.1 Å². The molecule has 0 fully saturated rings. The van der Waals surface area contributed by atoms with Crippen molar-refractivity contribution in [2.45, 2.75) is 51.7 Å². The molecule has 1 heterocycles. The first-order valence-electron chi connectivity index (χ1n) is 6.40. The number of carbonyl (C=O) groups is 1. The van der Waals surface area contributed by atoms with E-state index >= 15 is 0 Å². The third-order valence-corrected chi connectivity index (χ3v) is 3.99. The minimum atomic E-state index is -0.778. The van der Waals surface area contributed by atoms with Crippen molar-refractivity contribution in [3.63, 3.8) is 0 Å². The van der Waals surface area contributed by atoms with E-state index in [1.54, 1.807) is 18.4 Å². The number of nitrogens with one attached hydrogen (secondary N) is 1. The van der Waals surface area contributed by atoms with Crippen LogP contribution >= 0.6 is 11.8 Å². The number of thioether (sulfide) groups is 1.